The van der Waals surface area contributed by atoms with Crippen LogP contribution < -0.4 is 0 Å². The summed E-state index contributed by atoms with van der Waals surface area (Å²) in [6, 6.07) is 0. The van der Waals surface area contributed by atoms with Crippen LogP contribution in [0.5, 0.6) is 0 Å². The fourth-order valence-corrected chi connectivity index (χ4v) is 2.49. The summed E-state index contributed by atoms with van der Waals surface area (Å²) < 4.78 is 15.3. The van der Waals surface area contributed by atoms with Crippen molar-refractivity contribution in [1.82, 2.24) is 0 Å². The second-order valence-electron chi connectivity index (χ2n) is 5.53. The van der Waals surface area contributed by atoms with Crippen LogP contribution in [0.3, 0.4) is 0 Å². The molecule has 2 rings (SSSR count). The predicted molar refractivity (Wildman–Crippen MR) is 68.6 cm³/mol. The van der Waals surface area contributed by atoms with E-state index in [-0.39, 0.29) is 0 Å². The molecule has 0 saturated carbocycles. The molecule has 2 aliphatic heterocycles. The van der Waals surface area contributed by atoms with E-state index < -0.39 is 74.6 Å². The maximum absolute atomic E-state index is 9.84. The molecule has 11 nitrogen and oxygen atoms in total. The summed E-state index contributed by atoms with van der Waals surface area (Å²) in [6.07, 6.45) is -15.6. The van der Waals surface area contributed by atoms with E-state index in [0.29, 0.717) is 0 Å². The first kappa shape index (κ1) is 18.9. The van der Waals surface area contributed by atoms with Crippen molar-refractivity contribution in [2.45, 2.75) is 61.4 Å². The first-order valence-electron chi connectivity index (χ1n) is 7.08. The highest BCUT2D eigenvalue weighted by Crippen LogP contribution is 2.27. The molecule has 0 amide bonds. The molecular weight excluding hydrogens is 320 g/mol. The quantitative estimate of drug-likeness (QED) is 0.243. The molecule has 0 aliphatic carbocycles. The second-order valence-corrected chi connectivity index (χ2v) is 5.53. The monoisotopic (exact) mass is 342 g/mol. The number of hydrogen-bond donors (Lipinski definition) is 8. The Morgan fingerprint density at radius 2 is 0.913 bits per heavy atom. The van der Waals surface area contributed by atoms with Crippen molar-refractivity contribution in [3.63, 3.8) is 0 Å². The molecule has 0 radical (unpaired) electrons. The van der Waals surface area contributed by atoms with E-state index in [1.807, 2.05) is 0 Å². The van der Waals surface area contributed by atoms with Crippen molar-refractivity contribution < 1.29 is 55.1 Å². The highest BCUT2D eigenvalue weighted by Gasteiger charge is 2.49. The van der Waals surface area contributed by atoms with E-state index in [4.69, 9.17) is 24.4 Å². The first-order chi connectivity index (χ1) is 10.8. The Morgan fingerprint density at radius 1 is 0.565 bits per heavy atom. The summed E-state index contributed by atoms with van der Waals surface area (Å²) in [7, 11) is 0. The standard InChI is InChI=1S/C12H22O11/c13-1-3-5(15)7(17)9(19)11(21-3)23-12-10(20)8(18)6(16)4(2-14)22-12/h3-20H,1-2H2/t3-,4?,5-,6-,7?,8+,9?,10?,11+,12-/m1/s1. The number of aliphatic hydroxyl groups is 8. The molecule has 2 fully saturated rings. The Kier molecular flexibility index (Phi) is 6.27. The lowest BCUT2D eigenvalue weighted by molar-refractivity contribution is -0.376. The number of ether oxygens (including phenoxy) is 3. The van der Waals surface area contributed by atoms with E-state index in [1.165, 1.54) is 0 Å². The number of rotatable bonds is 4. The molecule has 2 heterocycles. The third-order valence-corrected chi connectivity index (χ3v) is 3.97. The smallest absolute Gasteiger partial charge is 0.189 e. The van der Waals surface area contributed by atoms with Gasteiger partial charge in [0.15, 0.2) is 12.6 Å². The highest BCUT2D eigenvalue weighted by atomic mass is 16.8. The SMILES string of the molecule is OCC1O[C@H](O[C@@H]2O[C@H](CO)[C@@H](O)C(O)C2O)C(O)[C@@H](O)[C@@H]1O. The molecule has 0 aromatic carbocycles. The Morgan fingerprint density at radius 3 is 1.22 bits per heavy atom. The van der Waals surface area contributed by atoms with Gasteiger partial charge in [-0.25, -0.2) is 0 Å². The first-order valence-corrected chi connectivity index (χ1v) is 7.08. The zero-order valence-corrected chi connectivity index (χ0v) is 12.0. The van der Waals surface area contributed by atoms with E-state index in [0.717, 1.165) is 0 Å². The lowest BCUT2D eigenvalue weighted by Crippen LogP contribution is -2.63. The fourth-order valence-electron chi connectivity index (χ4n) is 2.49. The fraction of sp³-hybridized carbons (Fsp3) is 1.00. The maximum atomic E-state index is 9.84. The van der Waals surface area contributed by atoms with E-state index in [9.17, 15) is 30.6 Å². The van der Waals surface area contributed by atoms with Gasteiger partial charge in [-0.1, -0.05) is 0 Å². The van der Waals surface area contributed by atoms with Gasteiger partial charge in [-0.3, -0.25) is 0 Å². The van der Waals surface area contributed by atoms with E-state index in [1.54, 1.807) is 0 Å². The van der Waals surface area contributed by atoms with Gasteiger partial charge in [0, 0.05) is 0 Å². The van der Waals surface area contributed by atoms with Gasteiger partial charge in [0.25, 0.3) is 0 Å². The molecule has 0 aromatic heterocycles. The summed E-state index contributed by atoms with van der Waals surface area (Å²) in [4.78, 5) is 0. The molecule has 8 N–H and O–H groups in total. The van der Waals surface area contributed by atoms with Crippen LogP contribution in [0.25, 0.3) is 0 Å². The topological polar surface area (TPSA) is 190 Å². The number of hydrogen-bond acceptors (Lipinski definition) is 11. The van der Waals surface area contributed by atoms with Gasteiger partial charge in [0.05, 0.1) is 13.2 Å². The van der Waals surface area contributed by atoms with Crippen LogP contribution in [0, 0.1) is 0 Å². The third kappa shape index (κ3) is 3.65. The average Bonchev–Trinajstić information content (AvgIpc) is 2.55. The lowest BCUT2D eigenvalue weighted by atomic mass is 9.98. The van der Waals surface area contributed by atoms with Crippen molar-refractivity contribution in [3.05, 3.63) is 0 Å². The molecular formula is C12H22O11. The summed E-state index contributed by atoms with van der Waals surface area (Å²) in [6.45, 7) is -1.33. The molecule has 23 heavy (non-hydrogen) atoms. The minimum absolute atomic E-state index is 0.667. The van der Waals surface area contributed by atoms with Gasteiger partial charge >= 0.3 is 0 Å². The second kappa shape index (κ2) is 7.63. The summed E-state index contributed by atoms with van der Waals surface area (Å²) in [5, 5.41) is 76.4. The Balaban J connectivity index is 2.07. The molecule has 2 aliphatic rings. The molecule has 0 spiro atoms. The highest BCUT2D eigenvalue weighted by molar-refractivity contribution is 4.92. The Hall–Kier alpha value is -0.440. The van der Waals surface area contributed by atoms with Gasteiger partial charge in [-0.15, -0.1) is 0 Å². The molecule has 2 saturated heterocycles. The Bertz CT molecular complexity index is 344. The van der Waals surface area contributed by atoms with Crippen LogP contribution >= 0.6 is 0 Å². The van der Waals surface area contributed by atoms with Crippen molar-refractivity contribution in [2.75, 3.05) is 13.2 Å². The minimum Gasteiger partial charge on any atom is -0.394 e. The van der Waals surface area contributed by atoms with Crippen LogP contribution in [0.1, 0.15) is 0 Å². The zero-order chi connectivity index (χ0) is 17.3. The minimum atomic E-state index is -1.72. The predicted octanol–water partition coefficient (Wildman–Crippen LogP) is -5.40. The van der Waals surface area contributed by atoms with Crippen LogP contribution in [0.4, 0.5) is 0 Å². The van der Waals surface area contributed by atoms with E-state index >= 15 is 0 Å². The zero-order valence-electron chi connectivity index (χ0n) is 12.0. The average molecular weight is 342 g/mol. The van der Waals surface area contributed by atoms with Gasteiger partial charge in [0.2, 0.25) is 0 Å². The van der Waals surface area contributed by atoms with Crippen LogP contribution in [-0.4, -0.2) is 115 Å². The van der Waals surface area contributed by atoms with Crippen LogP contribution in [-0.2, 0) is 14.2 Å². The van der Waals surface area contributed by atoms with Gasteiger partial charge < -0.3 is 55.1 Å². The van der Waals surface area contributed by atoms with Gasteiger partial charge in [0.1, 0.15) is 48.8 Å². The van der Waals surface area contributed by atoms with E-state index in [2.05, 4.69) is 0 Å². The van der Waals surface area contributed by atoms with Gasteiger partial charge in [-0.2, -0.15) is 0 Å². The van der Waals surface area contributed by atoms with Crippen molar-refractivity contribution >= 4 is 0 Å². The summed E-state index contributed by atoms with van der Waals surface area (Å²) >= 11 is 0. The Labute approximate surface area is 130 Å². The largest absolute Gasteiger partial charge is 0.394 e. The van der Waals surface area contributed by atoms with Crippen LogP contribution in [0.15, 0.2) is 0 Å². The summed E-state index contributed by atoms with van der Waals surface area (Å²) in [5.74, 6) is 0. The van der Waals surface area contributed by atoms with Crippen LogP contribution in [0.2, 0.25) is 0 Å². The van der Waals surface area contributed by atoms with Crippen molar-refractivity contribution in [1.29, 1.82) is 0 Å². The molecule has 11 heteroatoms. The molecule has 0 bridgehead atoms. The van der Waals surface area contributed by atoms with Crippen molar-refractivity contribution in [2.24, 2.45) is 0 Å². The number of aliphatic hydroxyl groups excluding tert-OH is 8. The summed E-state index contributed by atoms with van der Waals surface area (Å²) in [5.41, 5.74) is 0. The maximum Gasteiger partial charge on any atom is 0.189 e. The van der Waals surface area contributed by atoms with Crippen molar-refractivity contribution in [3.8, 4) is 0 Å². The molecule has 136 valence electrons. The van der Waals surface area contributed by atoms with Gasteiger partial charge in [-0.05, 0) is 0 Å². The third-order valence-electron chi connectivity index (χ3n) is 3.97. The normalized spacial score (nSPS) is 51.7. The molecule has 4 unspecified atom stereocenters. The molecule has 0 aromatic rings. The molecule has 10 atom stereocenters. The lowest BCUT2D eigenvalue weighted by Gasteiger charge is -2.44.